The molecule has 3 nitrogen and oxygen atoms in total. The third-order valence-corrected chi connectivity index (χ3v) is 2.27. The standard InChI is InChI=1S/C9H16ClNO2/c1-7-5-11(8(12)4-10)6-9(2,3)13-7/h7H,4-6H2,1-3H3/t7-/m0/s1. The number of rotatable bonds is 1. The largest absolute Gasteiger partial charge is 0.369 e. The monoisotopic (exact) mass is 205 g/mol. The maximum absolute atomic E-state index is 11.3. The predicted molar refractivity (Wildman–Crippen MR) is 51.9 cm³/mol. The summed E-state index contributed by atoms with van der Waals surface area (Å²) in [5.41, 5.74) is -0.251. The Hall–Kier alpha value is -0.280. The molecule has 1 aliphatic rings. The molecule has 0 aromatic heterocycles. The maximum Gasteiger partial charge on any atom is 0.237 e. The summed E-state index contributed by atoms with van der Waals surface area (Å²) >= 11 is 5.49. The van der Waals surface area contributed by atoms with Crippen molar-refractivity contribution in [2.24, 2.45) is 0 Å². The van der Waals surface area contributed by atoms with Crippen LogP contribution in [0.1, 0.15) is 20.8 Å². The number of halogens is 1. The van der Waals surface area contributed by atoms with Crippen LogP contribution in [0.5, 0.6) is 0 Å². The molecule has 0 unspecified atom stereocenters. The molecule has 0 saturated carbocycles. The lowest BCUT2D eigenvalue weighted by atomic mass is 10.1. The first-order valence-corrected chi connectivity index (χ1v) is 4.99. The van der Waals surface area contributed by atoms with Crippen LogP contribution >= 0.6 is 11.6 Å². The molecule has 0 aromatic rings. The normalized spacial score (nSPS) is 27.4. The Morgan fingerprint density at radius 3 is 2.77 bits per heavy atom. The Bertz CT molecular complexity index is 206. The zero-order valence-corrected chi connectivity index (χ0v) is 9.10. The molecule has 13 heavy (non-hydrogen) atoms. The molecule has 0 aromatic carbocycles. The molecular weight excluding hydrogens is 190 g/mol. The lowest BCUT2D eigenvalue weighted by molar-refractivity contribution is -0.155. The van der Waals surface area contributed by atoms with Crippen molar-refractivity contribution in [3.05, 3.63) is 0 Å². The van der Waals surface area contributed by atoms with Crippen molar-refractivity contribution in [2.45, 2.75) is 32.5 Å². The van der Waals surface area contributed by atoms with Crippen molar-refractivity contribution in [1.82, 2.24) is 4.90 Å². The Morgan fingerprint density at radius 1 is 1.69 bits per heavy atom. The van der Waals surface area contributed by atoms with Crippen LogP contribution in [0.4, 0.5) is 0 Å². The van der Waals surface area contributed by atoms with E-state index in [-0.39, 0.29) is 23.5 Å². The number of amides is 1. The van der Waals surface area contributed by atoms with E-state index in [2.05, 4.69) is 0 Å². The van der Waals surface area contributed by atoms with E-state index >= 15 is 0 Å². The van der Waals surface area contributed by atoms with Gasteiger partial charge in [-0.1, -0.05) is 0 Å². The fraction of sp³-hybridized carbons (Fsp3) is 0.889. The quantitative estimate of drug-likeness (QED) is 0.603. The average Bonchev–Trinajstić information content (AvgIpc) is 1.99. The van der Waals surface area contributed by atoms with Gasteiger partial charge in [0.1, 0.15) is 5.88 Å². The number of hydrogen-bond donors (Lipinski definition) is 0. The smallest absolute Gasteiger partial charge is 0.237 e. The summed E-state index contributed by atoms with van der Waals surface area (Å²) in [5, 5.41) is 0. The molecule has 1 fully saturated rings. The van der Waals surface area contributed by atoms with Crippen molar-refractivity contribution >= 4 is 17.5 Å². The molecule has 1 atom stereocenters. The van der Waals surface area contributed by atoms with Gasteiger partial charge in [0, 0.05) is 13.1 Å². The number of morpholine rings is 1. The van der Waals surface area contributed by atoms with E-state index in [1.807, 2.05) is 20.8 Å². The minimum Gasteiger partial charge on any atom is -0.369 e. The van der Waals surface area contributed by atoms with Crippen molar-refractivity contribution in [3.8, 4) is 0 Å². The van der Waals surface area contributed by atoms with Crippen LogP contribution in [0.25, 0.3) is 0 Å². The summed E-state index contributed by atoms with van der Waals surface area (Å²) in [7, 11) is 0. The average molecular weight is 206 g/mol. The summed E-state index contributed by atoms with van der Waals surface area (Å²) < 4.78 is 5.66. The van der Waals surface area contributed by atoms with Crippen molar-refractivity contribution in [1.29, 1.82) is 0 Å². The van der Waals surface area contributed by atoms with Crippen molar-refractivity contribution in [2.75, 3.05) is 19.0 Å². The van der Waals surface area contributed by atoms with E-state index in [4.69, 9.17) is 16.3 Å². The first-order chi connectivity index (χ1) is 5.94. The second-order valence-electron chi connectivity index (χ2n) is 4.10. The highest BCUT2D eigenvalue weighted by molar-refractivity contribution is 6.27. The van der Waals surface area contributed by atoms with Gasteiger partial charge >= 0.3 is 0 Å². The molecule has 1 saturated heterocycles. The highest BCUT2D eigenvalue weighted by Crippen LogP contribution is 2.20. The van der Waals surface area contributed by atoms with E-state index in [0.29, 0.717) is 13.1 Å². The molecule has 0 aliphatic carbocycles. The van der Waals surface area contributed by atoms with Gasteiger partial charge in [-0.2, -0.15) is 0 Å². The number of carbonyl (C=O) groups excluding carboxylic acids is 1. The van der Waals surface area contributed by atoms with Crippen molar-refractivity contribution in [3.63, 3.8) is 0 Å². The van der Waals surface area contributed by atoms with Crippen molar-refractivity contribution < 1.29 is 9.53 Å². The third-order valence-electron chi connectivity index (χ3n) is 2.04. The number of hydrogen-bond acceptors (Lipinski definition) is 2. The molecule has 0 radical (unpaired) electrons. The molecule has 0 bridgehead atoms. The Labute approximate surface area is 84.0 Å². The zero-order chi connectivity index (χ0) is 10.1. The second kappa shape index (κ2) is 3.84. The molecule has 1 rings (SSSR count). The number of nitrogens with zero attached hydrogens (tertiary/aromatic N) is 1. The van der Waals surface area contributed by atoms with Crippen LogP contribution in [-0.4, -0.2) is 41.5 Å². The van der Waals surface area contributed by atoms with E-state index in [1.54, 1.807) is 4.90 Å². The number of alkyl halides is 1. The summed E-state index contributed by atoms with van der Waals surface area (Å²) in [6, 6.07) is 0. The first kappa shape index (κ1) is 10.8. The Balaban J connectivity index is 2.62. The fourth-order valence-electron chi connectivity index (χ4n) is 1.73. The highest BCUT2D eigenvalue weighted by Gasteiger charge is 2.33. The van der Waals surface area contributed by atoms with Gasteiger partial charge in [-0.3, -0.25) is 4.79 Å². The maximum atomic E-state index is 11.3. The van der Waals surface area contributed by atoms with Crippen LogP contribution in [-0.2, 0) is 9.53 Å². The van der Waals surface area contributed by atoms with E-state index in [1.165, 1.54) is 0 Å². The van der Waals surface area contributed by atoms with Gasteiger partial charge in [-0.15, -0.1) is 11.6 Å². The third kappa shape index (κ3) is 2.85. The zero-order valence-electron chi connectivity index (χ0n) is 8.34. The molecule has 4 heteroatoms. The molecule has 76 valence electrons. The van der Waals surface area contributed by atoms with Crippen LogP contribution in [0, 0.1) is 0 Å². The van der Waals surface area contributed by atoms with Gasteiger partial charge in [0.15, 0.2) is 0 Å². The van der Waals surface area contributed by atoms with Gasteiger partial charge in [0.05, 0.1) is 11.7 Å². The molecule has 1 aliphatic heterocycles. The SMILES string of the molecule is C[C@H]1CN(C(=O)CCl)CC(C)(C)O1. The number of carbonyl (C=O) groups is 1. The molecular formula is C9H16ClNO2. The van der Waals surface area contributed by atoms with Crippen LogP contribution < -0.4 is 0 Å². The molecule has 1 amide bonds. The lowest BCUT2D eigenvalue weighted by Crippen LogP contribution is -2.54. The minimum atomic E-state index is -0.251. The highest BCUT2D eigenvalue weighted by atomic mass is 35.5. The molecule has 0 spiro atoms. The lowest BCUT2D eigenvalue weighted by Gasteiger charge is -2.41. The number of ether oxygens (including phenoxy) is 1. The van der Waals surface area contributed by atoms with E-state index in [0.717, 1.165) is 0 Å². The minimum absolute atomic E-state index is 0.00936. The fourth-order valence-corrected chi connectivity index (χ4v) is 1.90. The van der Waals surface area contributed by atoms with Gasteiger partial charge in [-0.25, -0.2) is 0 Å². The van der Waals surface area contributed by atoms with Gasteiger partial charge in [-0.05, 0) is 20.8 Å². The van der Waals surface area contributed by atoms with Gasteiger partial charge in [0.2, 0.25) is 5.91 Å². The van der Waals surface area contributed by atoms with Gasteiger partial charge < -0.3 is 9.64 Å². The summed E-state index contributed by atoms with van der Waals surface area (Å²) in [6.45, 7) is 7.21. The van der Waals surface area contributed by atoms with Crippen LogP contribution in [0.3, 0.4) is 0 Å². The molecule has 0 N–H and O–H groups in total. The van der Waals surface area contributed by atoms with Crippen LogP contribution in [0.15, 0.2) is 0 Å². The first-order valence-electron chi connectivity index (χ1n) is 4.46. The van der Waals surface area contributed by atoms with E-state index < -0.39 is 0 Å². The topological polar surface area (TPSA) is 29.5 Å². The van der Waals surface area contributed by atoms with E-state index in [9.17, 15) is 4.79 Å². The Kier molecular flexibility index (Phi) is 3.19. The summed E-state index contributed by atoms with van der Waals surface area (Å²) in [5.74, 6) is 0.0490. The van der Waals surface area contributed by atoms with Gasteiger partial charge in [0.25, 0.3) is 0 Å². The predicted octanol–water partition coefficient (Wildman–Crippen LogP) is 1.25. The van der Waals surface area contributed by atoms with Crippen LogP contribution in [0.2, 0.25) is 0 Å². The second-order valence-corrected chi connectivity index (χ2v) is 4.36. The summed E-state index contributed by atoms with van der Waals surface area (Å²) in [6.07, 6.45) is 0.0934. The summed E-state index contributed by atoms with van der Waals surface area (Å²) in [4.78, 5) is 13.1. The molecule has 1 heterocycles. The Morgan fingerprint density at radius 2 is 2.31 bits per heavy atom.